The molecule has 100 valence electrons. The van der Waals surface area contributed by atoms with Gasteiger partial charge in [0.1, 0.15) is 0 Å². The van der Waals surface area contributed by atoms with E-state index in [-0.39, 0.29) is 0 Å². The molecule has 17 heavy (non-hydrogen) atoms. The lowest BCUT2D eigenvalue weighted by Gasteiger charge is -2.46. The Morgan fingerprint density at radius 3 is 2.59 bits per heavy atom. The van der Waals surface area contributed by atoms with E-state index in [0.29, 0.717) is 18.0 Å². The maximum absolute atomic E-state index is 5.75. The van der Waals surface area contributed by atoms with Crippen molar-refractivity contribution in [3.63, 3.8) is 0 Å². The number of likely N-dealkylation sites (tertiary alicyclic amines) is 1. The third-order valence-electron chi connectivity index (χ3n) is 4.91. The summed E-state index contributed by atoms with van der Waals surface area (Å²) in [5.41, 5.74) is 0. The molecular formula is C14H28N2O. The lowest BCUT2D eigenvalue weighted by atomic mass is 9.85. The van der Waals surface area contributed by atoms with Gasteiger partial charge in [-0.25, -0.2) is 0 Å². The highest BCUT2D eigenvalue weighted by Gasteiger charge is 2.35. The number of piperidine rings is 1. The van der Waals surface area contributed by atoms with Crippen molar-refractivity contribution in [2.45, 2.75) is 51.2 Å². The van der Waals surface area contributed by atoms with Crippen LogP contribution in [0.25, 0.3) is 0 Å². The molecule has 0 radical (unpaired) electrons. The molecule has 0 aromatic heterocycles. The van der Waals surface area contributed by atoms with Crippen LogP contribution in [0.2, 0.25) is 0 Å². The normalized spacial score (nSPS) is 39.2. The number of hydrogen-bond acceptors (Lipinski definition) is 3. The summed E-state index contributed by atoms with van der Waals surface area (Å²) < 4.78 is 5.75. The maximum Gasteiger partial charge on any atom is 0.0625 e. The molecule has 2 saturated heterocycles. The van der Waals surface area contributed by atoms with Crippen LogP contribution in [-0.4, -0.2) is 61.8 Å². The van der Waals surface area contributed by atoms with Crippen molar-refractivity contribution in [3.8, 4) is 0 Å². The van der Waals surface area contributed by atoms with Crippen molar-refractivity contribution in [1.82, 2.24) is 9.80 Å². The molecule has 0 bridgehead atoms. The van der Waals surface area contributed by atoms with Gasteiger partial charge in [0.15, 0.2) is 0 Å². The fourth-order valence-electron chi connectivity index (χ4n) is 3.47. The first kappa shape index (κ1) is 13.3. The molecular weight excluding hydrogens is 212 g/mol. The number of rotatable bonds is 2. The molecule has 0 amide bonds. The molecule has 2 rings (SSSR count). The van der Waals surface area contributed by atoms with Crippen LogP contribution < -0.4 is 0 Å². The maximum atomic E-state index is 5.75. The number of likely N-dealkylation sites (N-methyl/N-ethyl adjacent to an activating group) is 1. The summed E-state index contributed by atoms with van der Waals surface area (Å²) in [4.78, 5) is 5.08. The van der Waals surface area contributed by atoms with E-state index >= 15 is 0 Å². The smallest absolute Gasteiger partial charge is 0.0625 e. The molecule has 0 aromatic rings. The fourth-order valence-corrected chi connectivity index (χ4v) is 3.47. The van der Waals surface area contributed by atoms with Crippen LogP contribution in [-0.2, 0) is 4.74 Å². The second-order valence-corrected chi connectivity index (χ2v) is 6.02. The first-order valence-corrected chi connectivity index (χ1v) is 7.11. The van der Waals surface area contributed by atoms with E-state index in [0.717, 1.165) is 19.3 Å². The van der Waals surface area contributed by atoms with Gasteiger partial charge in [0.2, 0.25) is 0 Å². The zero-order valence-electron chi connectivity index (χ0n) is 11.9. The van der Waals surface area contributed by atoms with E-state index in [1.807, 2.05) is 0 Å². The second-order valence-electron chi connectivity index (χ2n) is 6.02. The Kier molecular flexibility index (Phi) is 4.45. The minimum atomic E-state index is 0.560. The minimum absolute atomic E-state index is 0.560. The van der Waals surface area contributed by atoms with Gasteiger partial charge in [-0.1, -0.05) is 13.3 Å². The Labute approximate surface area is 106 Å². The summed E-state index contributed by atoms with van der Waals surface area (Å²) in [6.07, 6.45) is 4.12. The van der Waals surface area contributed by atoms with Crippen molar-refractivity contribution in [3.05, 3.63) is 0 Å². The summed E-state index contributed by atoms with van der Waals surface area (Å²) >= 11 is 0. The van der Waals surface area contributed by atoms with E-state index in [1.54, 1.807) is 0 Å². The Balaban J connectivity index is 1.99. The monoisotopic (exact) mass is 240 g/mol. The van der Waals surface area contributed by atoms with Gasteiger partial charge >= 0.3 is 0 Å². The van der Waals surface area contributed by atoms with Crippen molar-refractivity contribution >= 4 is 0 Å². The predicted molar refractivity (Wildman–Crippen MR) is 71.3 cm³/mol. The second kappa shape index (κ2) is 5.68. The molecule has 3 heteroatoms. The van der Waals surface area contributed by atoms with Gasteiger partial charge in [0.25, 0.3) is 0 Å². The molecule has 0 N–H and O–H groups in total. The standard InChI is InChI=1S/C14H28N2O/c1-11-9-17-10-14(16(11)4)12(2)13-7-5-6-8-15(13)3/h11-14H,5-10H2,1-4H3/t11-,12?,13?,14?/m1/s1. The molecule has 2 fully saturated rings. The van der Waals surface area contributed by atoms with Gasteiger partial charge in [-0.2, -0.15) is 0 Å². The highest BCUT2D eigenvalue weighted by molar-refractivity contribution is 4.90. The van der Waals surface area contributed by atoms with Crippen LogP contribution in [0.4, 0.5) is 0 Å². The lowest BCUT2D eigenvalue weighted by molar-refractivity contribution is -0.0629. The fraction of sp³-hybridized carbons (Fsp3) is 1.00. The number of morpholine rings is 1. The SMILES string of the molecule is CC(C1CCCCN1C)C1COC[C@@H](C)N1C. The van der Waals surface area contributed by atoms with Crippen molar-refractivity contribution in [2.24, 2.45) is 5.92 Å². The van der Waals surface area contributed by atoms with Gasteiger partial charge in [0.05, 0.1) is 13.2 Å². The molecule has 0 aromatic carbocycles. The van der Waals surface area contributed by atoms with Gasteiger partial charge in [-0.15, -0.1) is 0 Å². The number of hydrogen-bond donors (Lipinski definition) is 0. The number of nitrogens with zero attached hydrogens (tertiary/aromatic N) is 2. The summed E-state index contributed by atoms with van der Waals surface area (Å²) in [5, 5.41) is 0. The topological polar surface area (TPSA) is 15.7 Å². The summed E-state index contributed by atoms with van der Waals surface area (Å²) in [6, 6.07) is 1.89. The van der Waals surface area contributed by atoms with Crippen LogP contribution in [0.5, 0.6) is 0 Å². The van der Waals surface area contributed by atoms with Crippen molar-refractivity contribution < 1.29 is 4.74 Å². The van der Waals surface area contributed by atoms with E-state index < -0.39 is 0 Å². The quantitative estimate of drug-likeness (QED) is 0.732. The van der Waals surface area contributed by atoms with Crippen LogP contribution in [0.1, 0.15) is 33.1 Å². The molecule has 2 aliphatic heterocycles. The Morgan fingerprint density at radius 1 is 1.12 bits per heavy atom. The first-order valence-electron chi connectivity index (χ1n) is 7.11. The summed E-state index contributed by atoms with van der Waals surface area (Å²) in [7, 11) is 4.55. The van der Waals surface area contributed by atoms with Crippen molar-refractivity contribution in [1.29, 1.82) is 0 Å². The van der Waals surface area contributed by atoms with Gasteiger partial charge < -0.3 is 9.64 Å². The molecule has 2 aliphatic rings. The average Bonchev–Trinajstić information content (AvgIpc) is 2.32. The average molecular weight is 240 g/mol. The number of ether oxygens (including phenoxy) is 1. The van der Waals surface area contributed by atoms with Crippen LogP contribution >= 0.6 is 0 Å². The largest absolute Gasteiger partial charge is 0.378 e. The van der Waals surface area contributed by atoms with E-state index in [1.165, 1.54) is 25.8 Å². The molecule has 0 spiro atoms. The summed E-state index contributed by atoms with van der Waals surface area (Å²) in [5.74, 6) is 0.702. The molecule has 0 saturated carbocycles. The zero-order valence-corrected chi connectivity index (χ0v) is 11.9. The zero-order chi connectivity index (χ0) is 12.4. The minimum Gasteiger partial charge on any atom is -0.378 e. The van der Waals surface area contributed by atoms with E-state index in [9.17, 15) is 0 Å². The Morgan fingerprint density at radius 2 is 1.88 bits per heavy atom. The lowest BCUT2D eigenvalue weighted by Crippen LogP contribution is -2.56. The van der Waals surface area contributed by atoms with Gasteiger partial charge in [-0.3, -0.25) is 4.90 Å². The van der Waals surface area contributed by atoms with Gasteiger partial charge in [-0.05, 0) is 46.3 Å². The highest BCUT2D eigenvalue weighted by atomic mass is 16.5. The molecule has 0 aliphatic carbocycles. The predicted octanol–water partition coefficient (Wildman–Crippen LogP) is 1.83. The molecule has 3 unspecified atom stereocenters. The first-order chi connectivity index (χ1) is 8.11. The van der Waals surface area contributed by atoms with Crippen molar-refractivity contribution in [2.75, 3.05) is 33.9 Å². The van der Waals surface area contributed by atoms with Gasteiger partial charge in [0, 0.05) is 18.1 Å². The third-order valence-corrected chi connectivity index (χ3v) is 4.91. The highest BCUT2D eigenvalue weighted by Crippen LogP contribution is 2.28. The Bertz CT molecular complexity index is 246. The van der Waals surface area contributed by atoms with E-state index in [2.05, 4.69) is 37.7 Å². The molecule has 3 nitrogen and oxygen atoms in total. The van der Waals surface area contributed by atoms with Crippen LogP contribution in [0.3, 0.4) is 0 Å². The van der Waals surface area contributed by atoms with E-state index in [4.69, 9.17) is 4.74 Å². The Hall–Kier alpha value is -0.120. The third kappa shape index (κ3) is 2.83. The molecule has 2 heterocycles. The summed E-state index contributed by atoms with van der Waals surface area (Å²) in [6.45, 7) is 7.74. The van der Waals surface area contributed by atoms with Crippen LogP contribution in [0.15, 0.2) is 0 Å². The molecule has 4 atom stereocenters. The van der Waals surface area contributed by atoms with Crippen LogP contribution in [0, 0.1) is 5.92 Å².